The molecule has 0 N–H and O–H groups in total. The summed E-state index contributed by atoms with van der Waals surface area (Å²) in [5, 5.41) is 8.31. The molecule has 0 radical (unpaired) electrons. The SMILES string of the molecule is CCOc1ccccc1-c1nnc(SC(C)C(=O)N2CCCc3ccccc32)o1. The van der Waals surface area contributed by atoms with Gasteiger partial charge in [0.1, 0.15) is 5.75 Å². The van der Waals surface area contributed by atoms with Crippen molar-refractivity contribution in [3.05, 3.63) is 54.1 Å². The van der Waals surface area contributed by atoms with Crippen molar-refractivity contribution in [3.63, 3.8) is 0 Å². The zero-order valence-corrected chi connectivity index (χ0v) is 17.3. The summed E-state index contributed by atoms with van der Waals surface area (Å²) in [7, 11) is 0. The number of nitrogens with zero attached hydrogens (tertiary/aromatic N) is 3. The van der Waals surface area contributed by atoms with E-state index < -0.39 is 0 Å². The van der Waals surface area contributed by atoms with E-state index >= 15 is 0 Å². The number of carbonyl (C=O) groups is 1. The number of ether oxygens (including phenoxy) is 1. The van der Waals surface area contributed by atoms with Gasteiger partial charge in [-0.05, 0) is 50.5 Å². The van der Waals surface area contributed by atoms with Crippen LogP contribution >= 0.6 is 11.8 Å². The maximum atomic E-state index is 13.1. The lowest BCUT2D eigenvalue weighted by molar-refractivity contribution is -0.117. The van der Waals surface area contributed by atoms with Gasteiger partial charge in [-0.1, -0.05) is 42.1 Å². The van der Waals surface area contributed by atoms with Crippen LogP contribution in [0, 0.1) is 0 Å². The molecule has 2 heterocycles. The van der Waals surface area contributed by atoms with Crippen LogP contribution in [0.5, 0.6) is 5.75 Å². The van der Waals surface area contributed by atoms with Gasteiger partial charge in [0.25, 0.3) is 11.1 Å². The summed E-state index contributed by atoms with van der Waals surface area (Å²) >= 11 is 1.28. The second-order valence-electron chi connectivity index (χ2n) is 6.78. The van der Waals surface area contributed by atoms with E-state index in [1.54, 1.807) is 0 Å². The molecule has 1 aromatic heterocycles. The Hall–Kier alpha value is -2.80. The molecule has 0 aliphatic carbocycles. The molecule has 29 heavy (non-hydrogen) atoms. The van der Waals surface area contributed by atoms with Crippen molar-refractivity contribution in [1.29, 1.82) is 0 Å². The van der Waals surface area contributed by atoms with Crippen LogP contribution in [-0.4, -0.2) is 34.5 Å². The quantitative estimate of drug-likeness (QED) is 0.555. The third-order valence-electron chi connectivity index (χ3n) is 4.83. The molecular formula is C22H23N3O3S. The van der Waals surface area contributed by atoms with Gasteiger partial charge in [-0.3, -0.25) is 4.79 Å². The number of rotatable bonds is 6. The fraction of sp³-hybridized carbons (Fsp3) is 0.318. The number of hydrogen-bond donors (Lipinski definition) is 0. The second kappa shape index (κ2) is 8.69. The standard InChI is InChI=1S/C22H23N3O3S/c1-3-27-19-13-7-5-11-17(19)20-23-24-22(28-20)29-15(2)21(26)25-14-8-10-16-9-4-6-12-18(16)25/h4-7,9,11-13,15H,3,8,10,14H2,1-2H3. The van der Waals surface area contributed by atoms with Crippen LogP contribution < -0.4 is 9.64 Å². The van der Waals surface area contributed by atoms with Gasteiger partial charge in [-0.25, -0.2) is 0 Å². The second-order valence-corrected chi connectivity index (χ2v) is 8.08. The van der Waals surface area contributed by atoms with E-state index in [-0.39, 0.29) is 11.2 Å². The maximum absolute atomic E-state index is 13.1. The molecule has 0 bridgehead atoms. The Morgan fingerprint density at radius 2 is 2.00 bits per heavy atom. The predicted molar refractivity (Wildman–Crippen MR) is 113 cm³/mol. The van der Waals surface area contributed by atoms with E-state index in [4.69, 9.17) is 9.15 Å². The summed E-state index contributed by atoms with van der Waals surface area (Å²) in [6.07, 6.45) is 1.98. The number of aryl methyl sites for hydroxylation is 1. The molecule has 4 rings (SSSR count). The lowest BCUT2D eigenvalue weighted by Crippen LogP contribution is -2.40. The van der Waals surface area contributed by atoms with Crippen LogP contribution in [0.25, 0.3) is 11.5 Å². The lowest BCUT2D eigenvalue weighted by atomic mass is 10.0. The maximum Gasteiger partial charge on any atom is 0.277 e. The molecule has 0 fully saturated rings. The van der Waals surface area contributed by atoms with Crippen molar-refractivity contribution in [1.82, 2.24) is 10.2 Å². The number of amides is 1. The third-order valence-corrected chi connectivity index (χ3v) is 5.75. The zero-order valence-electron chi connectivity index (χ0n) is 16.5. The lowest BCUT2D eigenvalue weighted by Gasteiger charge is -2.31. The summed E-state index contributed by atoms with van der Waals surface area (Å²) in [5.41, 5.74) is 2.97. The number of thioether (sulfide) groups is 1. The molecule has 150 valence electrons. The van der Waals surface area contributed by atoms with Crippen molar-refractivity contribution < 1.29 is 13.9 Å². The molecule has 1 atom stereocenters. The van der Waals surface area contributed by atoms with Crippen LogP contribution in [0.4, 0.5) is 5.69 Å². The van der Waals surface area contributed by atoms with Crippen molar-refractivity contribution in [3.8, 4) is 17.2 Å². The van der Waals surface area contributed by atoms with Crippen LogP contribution in [0.2, 0.25) is 0 Å². The first-order valence-corrected chi connectivity index (χ1v) is 10.7. The van der Waals surface area contributed by atoms with Gasteiger partial charge in [0.2, 0.25) is 5.91 Å². The highest BCUT2D eigenvalue weighted by molar-refractivity contribution is 8.00. The fourth-order valence-electron chi connectivity index (χ4n) is 3.47. The Bertz CT molecular complexity index is 1000. The van der Waals surface area contributed by atoms with Gasteiger partial charge in [0.05, 0.1) is 17.4 Å². The molecule has 1 unspecified atom stereocenters. The van der Waals surface area contributed by atoms with E-state index in [0.717, 1.165) is 30.6 Å². The molecule has 1 amide bonds. The average Bonchev–Trinajstić information content (AvgIpc) is 3.21. The number of aromatic nitrogens is 2. The highest BCUT2D eigenvalue weighted by Gasteiger charge is 2.28. The van der Waals surface area contributed by atoms with E-state index in [1.807, 2.05) is 61.2 Å². The summed E-state index contributed by atoms with van der Waals surface area (Å²) in [6.45, 7) is 5.09. The number of anilines is 1. The number of fused-ring (bicyclic) bond motifs is 1. The van der Waals surface area contributed by atoms with Gasteiger partial charge >= 0.3 is 0 Å². The molecule has 0 saturated heterocycles. The Kier molecular flexibility index (Phi) is 5.85. The van der Waals surface area contributed by atoms with Gasteiger partial charge in [-0.2, -0.15) is 0 Å². The van der Waals surface area contributed by atoms with E-state index in [0.29, 0.717) is 23.5 Å². The van der Waals surface area contributed by atoms with Crippen LogP contribution in [0.3, 0.4) is 0 Å². The molecule has 2 aromatic carbocycles. The van der Waals surface area contributed by atoms with Crippen LogP contribution in [-0.2, 0) is 11.2 Å². The smallest absolute Gasteiger partial charge is 0.277 e. The molecule has 7 heteroatoms. The number of hydrogen-bond acceptors (Lipinski definition) is 6. The van der Waals surface area contributed by atoms with Gasteiger partial charge in [0.15, 0.2) is 0 Å². The Morgan fingerprint density at radius 3 is 2.86 bits per heavy atom. The normalized spacial score (nSPS) is 14.3. The predicted octanol–water partition coefficient (Wildman–Crippen LogP) is 4.60. The summed E-state index contributed by atoms with van der Waals surface area (Å²) in [5.74, 6) is 1.14. The Labute approximate surface area is 174 Å². The zero-order chi connectivity index (χ0) is 20.2. The highest BCUT2D eigenvalue weighted by atomic mass is 32.2. The number of carbonyl (C=O) groups excluding carboxylic acids is 1. The number of benzene rings is 2. The highest BCUT2D eigenvalue weighted by Crippen LogP contribution is 2.33. The van der Waals surface area contributed by atoms with Crippen molar-refractivity contribution >= 4 is 23.4 Å². The summed E-state index contributed by atoms with van der Waals surface area (Å²) in [4.78, 5) is 14.9. The van der Waals surface area contributed by atoms with E-state index in [2.05, 4.69) is 16.3 Å². The minimum atomic E-state index is -0.336. The topological polar surface area (TPSA) is 68.5 Å². The van der Waals surface area contributed by atoms with Gasteiger partial charge in [0, 0.05) is 12.2 Å². The average molecular weight is 410 g/mol. The summed E-state index contributed by atoms with van der Waals surface area (Å²) < 4.78 is 11.5. The van der Waals surface area contributed by atoms with E-state index in [1.165, 1.54) is 17.3 Å². The molecule has 1 aliphatic rings. The van der Waals surface area contributed by atoms with Crippen LogP contribution in [0.15, 0.2) is 58.2 Å². The monoisotopic (exact) mass is 409 g/mol. The molecule has 0 saturated carbocycles. The molecule has 6 nitrogen and oxygen atoms in total. The fourth-order valence-corrected chi connectivity index (χ4v) is 4.22. The summed E-state index contributed by atoms with van der Waals surface area (Å²) in [6, 6.07) is 15.6. The molecule has 3 aromatic rings. The third kappa shape index (κ3) is 4.15. The van der Waals surface area contributed by atoms with Crippen LogP contribution in [0.1, 0.15) is 25.8 Å². The van der Waals surface area contributed by atoms with E-state index in [9.17, 15) is 4.79 Å². The Morgan fingerprint density at radius 1 is 1.21 bits per heavy atom. The Balaban J connectivity index is 1.49. The molecule has 0 spiro atoms. The minimum Gasteiger partial charge on any atom is -0.493 e. The first kappa shape index (κ1) is 19.5. The first-order chi connectivity index (χ1) is 14.2. The minimum absolute atomic E-state index is 0.0524. The molecular weight excluding hydrogens is 386 g/mol. The molecule has 1 aliphatic heterocycles. The number of para-hydroxylation sites is 2. The first-order valence-electron chi connectivity index (χ1n) is 9.79. The van der Waals surface area contributed by atoms with Gasteiger partial charge < -0.3 is 14.1 Å². The van der Waals surface area contributed by atoms with Crippen molar-refractivity contribution in [2.75, 3.05) is 18.1 Å². The van der Waals surface area contributed by atoms with Crippen molar-refractivity contribution in [2.45, 2.75) is 37.2 Å². The largest absolute Gasteiger partial charge is 0.493 e. The van der Waals surface area contributed by atoms with Crippen molar-refractivity contribution in [2.24, 2.45) is 0 Å². The van der Waals surface area contributed by atoms with Gasteiger partial charge in [-0.15, -0.1) is 10.2 Å².